The highest BCUT2D eigenvalue weighted by Gasteiger charge is 2.22. The van der Waals surface area contributed by atoms with Crippen molar-refractivity contribution in [1.82, 2.24) is 0 Å². The molecule has 0 atom stereocenters. The molecule has 2 aromatic rings. The quantitative estimate of drug-likeness (QED) is 0.342. The molecule has 0 aliphatic carbocycles. The van der Waals surface area contributed by atoms with Gasteiger partial charge in [-0.3, -0.25) is 0 Å². The zero-order valence-electron chi connectivity index (χ0n) is 13.0. The molecule has 5 nitrogen and oxygen atoms in total. The molecule has 2 N–H and O–H groups in total. The summed E-state index contributed by atoms with van der Waals surface area (Å²) in [5.74, 6) is 6.45. The number of nitrogens with two attached hydrogens (primary N) is 1. The maximum atomic E-state index is 6.16. The van der Waals surface area contributed by atoms with Crippen LogP contribution >= 0.6 is 24.3 Å². The molecule has 0 radical (unpaired) electrons. The monoisotopic (exact) mass is 362 g/mol. The van der Waals surface area contributed by atoms with Crippen LogP contribution < -0.4 is 15.5 Å². The molecule has 0 amide bonds. The number of hydrogen-bond donors (Lipinski definition) is 1. The molecule has 0 aromatic heterocycles. The number of ether oxygens (including phenoxy) is 1. The number of para-hydroxylation sites is 1. The van der Waals surface area contributed by atoms with Crippen molar-refractivity contribution in [3.63, 3.8) is 0 Å². The smallest absolute Gasteiger partial charge is 0.166 e. The van der Waals surface area contributed by atoms with Crippen molar-refractivity contribution in [3.8, 4) is 11.5 Å². The SMILES string of the molecule is NOOSc1cc(C=S)cc(N2CCCC2)c1Oc1ccccc1. The predicted molar refractivity (Wildman–Crippen MR) is 99.4 cm³/mol. The van der Waals surface area contributed by atoms with Gasteiger partial charge in [-0.05, 0) is 42.7 Å². The van der Waals surface area contributed by atoms with E-state index in [1.165, 1.54) is 0 Å². The van der Waals surface area contributed by atoms with Gasteiger partial charge < -0.3 is 9.64 Å². The normalized spacial score (nSPS) is 14.0. The van der Waals surface area contributed by atoms with Gasteiger partial charge in [0.05, 0.1) is 22.6 Å². The molecule has 0 saturated carbocycles. The van der Waals surface area contributed by atoms with Crippen LogP contribution in [0.1, 0.15) is 18.4 Å². The Bertz CT molecular complexity index is 692. The fourth-order valence-electron chi connectivity index (χ4n) is 2.70. The summed E-state index contributed by atoms with van der Waals surface area (Å²) in [5.41, 5.74) is 1.91. The zero-order chi connectivity index (χ0) is 16.8. The molecule has 0 bridgehead atoms. The Morgan fingerprint density at radius 3 is 2.54 bits per heavy atom. The Labute approximate surface area is 150 Å². The zero-order valence-corrected chi connectivity index (χ0v) is 14.6. The van der Waals surface area contributed by atoms with Crippen molar-refractivity contribution in [1.29, 1.82) is 0 Å². The molecule has 1 aliphatic rings. The van der Waals surface area contributed by atoms with Crippen molar-refractivity contribution >= 4 is 35.3 Å². The summed E-state index contributed by atoms with van der Waals surface area (Å²) >= 11 is 6.11. The van der Waals surface area contributed by atoms with Gasteiger partial charge in [0.25, 0.3) is 0 Å². The van der Waals surface area contributed by atoms with E-state index in [0.29, 0.717) is 5.75 Å². The van der Waals surface area contributed by atoms with Crippen LogP contribution in [0.5, 0.6) is 11.5 Å². The number of thiocarbonyl (C=S) groups is 1. The minimum Gasteiger partial charge on any atom is -0.454 e. The Kier molecular flexibility index (Phi) is 6.06. The maximum absolute atomic E-state index is 6.16. The molecule has 0 spiro atoms. The van der Waals surface area contributed by atoms with Gasteiger partial charge in [-0.1, -0.05) is 30.4 Å². The van der Waals surface area contributed by atoms with Crippen molar-refractivity contribution in [3.05, 3.63) is 48.0 Å². The molecule has 7 heteroatoms. The largest absolute Gasteiger partial charge is 0.454 e. The molecular formula is C17H18N2O3S2. The van der Waals surface area contributed by atoms with Crippen LogP contribution in [-0.2, 0) is 9.32 Å². The van der Waals surface area contributed by atoms with Crippen LogP contribution in [0.2, 0.25) is 0 Å². The predicted octanol–water partition coefficient (Wildman–Crippen LogP) is 4.26. The molecule has 1 fully saturated rings. The van der Waals surface area contributed by atoms with Crippen molar-refractivity contribution in [2.75, 3.05) is 18.0 Å². The summed E-state index contributed by atoms with van der Waals surface area (Å²) in [6, 6.07) is 13.6. The molecule has 2 aromatic carbocycles. The highest BCUT2D eigenvalue weighted by Crippen LogP contribution is 2.43. The molecule has 3 rings (SSSR count). The topological polar surface area (TPSA) is 57.0 Å². The molecule has 1 heterocycles. The van der Waals surface area contributed by atoms with Crippen LogP contribution in [0.4, 0.5) is 5.69 Å². The van der Waals surface area contributed by atoms with Gasteiger partial charge in [-0.15, -0.1) is 9.32 Å². The van der Waals surface area contributed by atoms with Crippen LogP contribution in [0.3, 0.4) is 0 Å². The first-order valence-electron chi connectivity index (χ1n) is 7.63. The van der Waals surface area contributed by atoms with E-state index < -0.39 is 0 Å². The van der Waals surface area contributed by atoms with Gasteiger partial charge in [0.1, 0.15) is 5.75 Å². The maximum Gasteiger partial charge on any atom is 0.166 e. The number of benzene rings is 2. The molecular weight excluding hydrogens is 344 g/mol. The third-order valence-electron chi connectivity index (χ3n) is 3.77. The first-order chi connectivity index (χ1) is 11.8. The minimum atomic E-state index is 0.714. The third kappa shape index (κ3) is 4.06. The van der Waals surface area contributed by atoms with Gasteiger partial charge in [0.15, 0.2) is 5.75 Å². The highest BCUT2D eigenvalue weighted by atomic mass is 32.2. The second kappa shape index (κ2) is 8.46. The second-order valence-corrected chi connectivity index (χ2v) is 6.32. The lowest BCUT2D eigenvalue weighted by Gasteiger charge is -2.23. The first kappa shape index (κ1) is 17.2. The van der Waals surface area contributed by atoms with Crippen LogP contribution in [-0.4, -0.2) is 18.5 Å². The molecule has 1 saturated heterocycles. The van der Waals surface area contributed by atoms with E-state index in [2.05, 4.69) is 9.89 Å². The van der Waals surface area contributed by atoms with E-state index in [0.717, 1.165) is 59.9 Å². The Balaban J connectivity index is 2.04. The summed E-state index contributed by atoms with van der Waals surface area (Å²) in [6.45, 7) is 1.98. The summed E-state index contributed by atoms with van der Waals surface area (Å²) in [5, 5.41) is 1.64. The van der Waals surface area contributed by atoms with Crippen LogP contribution in [0.25, 0.3) is 0 Å². The summed E-state index contributed by atoms with van der Waals surface area (Å²) < 4.78 is 11.0. The Hall–Kier alpha value is -1.64. The van der Waals surface area contributed by atoms with E-state index >= 15 is 0 Å². The van der Waals surface area contributed by atoms with E-state index in [-0.39, 0.29) is 0 Å². The molecule has 0 unspecified atom stereocenters. The van der Waals surface area contributed by atoms with Gasteiger partial charge in [-0.2, -0.15) is 5.90 Å². The number of nitrogens with zero attached hydrogens (tertiary/aromatic N) is 1. The molecule has 126 valence electrons. The second-order valence-electron chi connectivity index (χ2n) is 5.34. The summed E-state index contributed by atoms with van der Waals surface area (Å²) in [7, 11) is 0. The van der Waals surface area contributed by atoms with Crippen molar-refractivity contribution < 1.29 is 14.1 Å². The summed E-state index contributed by atoms with van der Waals surface area (Å²) in [4.78, 5) is 7.30. The third-order valence-corrected chi connectivity index (χ3v) is 4.67. The molecule has 1 aliphatic heterocycles. The van der Waals surface area contributed by atoms with Crippen molar-refractivity contribution in [2.45, 2.75) is 17.7 Å². The number of rotatable bonds is 7. The minimum absolute atomic E-state index is 0.714. The van der Waals surface area contributed by atoms with Gasteiger partial charge in [0, 0.05) is 18.5 Å². The first-order valence-corrected chi connectivity index (χ1v) is 8.84. The number of anilines is 1. The van der Waals surface area contributed by atoms with Crippen LogP contribution in [0.15, 0.2) is 47.4 Å². The average Bonchev–Trinajstić information content (AvgIpc) is 3.16. The fourth-order valence-corrected chi connectivity index (χ4v) is 3.35. The Morgan fingerprint density at radius 1 is 1.12 bits per heavy atom. The van der Waals surface area contributed by atoms with E-state index in [1.807, 2.05) is 42.5 Å². The van der Waals surface area contributed by atoms with Gasteiger partial charge in [-0.25, -0.2) is 0 Å². The van der Waals surface area contributed by atoms with E-state index in [4.69, 9.17) is 27.2 Å². The standard InChI is InChI=1S/C17H18N2O3S2/c18-21-22-24-16-11-13(12-23)10-15(19-8-4-5-9-19)17(16)20-14-6-2-1-3-7-14/h1-3,6-7,10-12H,4-5,8-9,18H2. The molecule has 24 heavy (non-hydrogen) atoms. The van der Waals surface area contributed by atoms with Crippen molar-refractivity contribution in [2.24, 2.45) is 5.90 Å². The Morgan fingerprint density at radius 2 is 1.88 bits per heavy atom. The highest BCUT2D eigenvalue weighted by molar-refractivity contribution is 7.94. The lowest BCUT2D eigenvalue weighted by Crippen LogP contribution is -2.19. The lowest BCUT2D eigenvalue weighted by molar-refractivity contribution is -0.195. The number of hydrogen-bond acceptors (Lipinski definition) is 7. The van der Waals surface area contributed by atoms with E-state index in [1.54, 1.807) is 5.37 Å². The van der Waals surface area contributed by atoms with Gasteiger partial charge in [0.2, 0.25) is 0 Å². The lowest BCUT2D eigenvalue weighted by atomic mass is 10.2. The van der Waals surface area contributed by atoms with E-state index in [9.17, 15) is 0 Å². The fraction of sp³-hybridized carbons (Fsp3) is 0.235. The van der Waals surface area contributed by atoms with Crippen LogP contribution in [0, 0.1) is 0 Å². The van der Waals surface area contributed by atoms with Gasteiger partial charge >= 0.3 is 0 Å². The summed E-state index contributed by atoms with van der Waals surface area (Å²) in [6.07, 6.45) is 2.33. The average molecular weight is 362 g/mol.